The molecule has 3 aliphatic rings. The van der Waals surface area contributed by atoms with Crippen LogP contribution in [0.4, 0.5) is 4.39 Å². The highest BCUT2D eigenvalue weighted by molar-refractivity contribution is 6.30. The topological polar surface area (TPSA) is 86.1 Å². The maximum atomic E-state index is 15.1. The van der Waals surface area contributed by atoms with Gasteiger partial charge in [-0.1, -0.05) is 35.9 Å². The highest BCUT2D eigenvalue weighted by atomic mass is 35.5. The van der Waals surface area contributed by atoms with Gasteiger partial charge < -0.3 is 23.9 Å². The summed E-state index contributed by atoms with van der Waals surface area (Å²) in [5.74, 6) is -1.34. The van der Waals surface area contributed by atoms with Crippen LogP contribution in [0.1, 0.15) is 46.8 Å². The van der Waals surface area contributed by atoms with E-state index in [-0.39, 0.29) is 17.2 Å². The van der Waals surface area contributed by atoms with Crippen LogP contribution < -0.4 is 4.74 Å². The molecule has 0 amide bonds. The van der Waals surface area contributed by atoms with Gasteiger partial charge in [0.15, 0.2) is 0 Å². The zero-order chi connectivity index (χ0) is 29.0. The summed E-state index contributed by atoms with van der Waals surface area (Å²) in [4.78, 5) is 18.8. The Morgan fingerprint density at radius 1 is 1.19 bits per heavy atom. The molecule has 1 aromatic heterocycles. The van der Waals surface area contributed by atoms with Gasteiger partial charge in [0.25, 0.3) is 0 Å². The van der Waals surface area contributed by atoms with Crippen LogP contribution in [0.15, 0.2) is 72.3 Å². The molecule has 1 fully saturated rings. The Bertz CT molecular complexity index is 1730. The van der Waals surface area contributed by atoms with Crippen molar-refractivity contribution >= 4 is 28.6 Å². The Morgan fingerprint density at radius 3 is 2.79 bits per heavy atom. The van der Waals surface area contributed by atoms with E-state index < -0.39 is 23.7 Å². The van der Waals surface area contributed by atoms with E-state index >= 15 is 4.39 Å². The van der Waals surface area contributed by atoms with Crippen LogP contribution in [0.2, 0.25) is 5.02 Å². The third-order valence-corrected chi connectivity index (χ3v) is 8.48. The van der Waals surface area contributed by atoms with Gasteiger partial charge in [-0.25, -0.2) is 14.2 Å². The van der Waals surface area contributed by atoms with E-state index in [1.807, 2.05) is 24.3 Å². The number of carbonyl (C=O) groups is 1. The minimum absolute atomic E-state index is 0.0833. The summed E-state index contributed by atoms with van der Waals surface area (Å²) in [5.41, 5.74) is 3.97. The van der Waals surface area contributed by atoms with Crippen molar-refractivity contribution in [1.29, 1.82) is 0 Å². The van der Waals surface area contributed by atoms with Gasteiger partial charge in [0.05, 0.1) is 41.4 Å². The lowest BCUT2D eigenvalue weighted by Gasteiger charge is -2.41. The molecule has 10 heteroatoms. The Morgan fingerprint density at radius 2 is 2.02 bits per heavy atom. The Hall–Kier alpha value is -3.76. The highest BCUT2D eigenvalue weighted by Crippen LogP contribution is 2.47. The van der Waals surface area contributed by atoms with E-state index in [0.717, 1.165) is 41.0 Å². The molecule has 3 atom stereocenters. The Balaban J connectivity index is 1.16. The molecule has 216 valence electrons. The van der Waals surface area contributed by atoms with Crippen LogP contribution in [-0.4, -0.2) is 51.3 Å². The van der Waals surface area contributed by atoms with Gasteiger partial charge in [0.2, 0.25) is 5.79 Å². The monoisotopic (exact) mass is 589 g/mol. The number of ether oxygens (including phenoxy) is 3. The van der Waals surface area contributed by atoms with Crippen LogP contribution in [0.5, 0.6) is 5.75 Å². The number of aromatic nitrogens is 2. The van der Waals surface area contributed by atoms with Crippen molar-refractivity contribution in [3.8, 4) is 5.75 Å². The van der Waals surface area contributed by atoms with Gasteiger partial charge in [-0.15, -0.1) is 0 Å². The number of benzene rings is 3. The second kappa shape index (κ2) is 10.5. The number of halogens is 2. The molecule has 3 aromatic carbocycles. The van der Waals surface area contributed by atoms with Crippen molar-refractivity contribution in [2.45, 2.75) is 44.4 Å². The summed E-state index contributed by atoms with van der Waals surface area (Å²) in [5, 5.41) is 9.86. The maximum Gasteiger partial charge on any atom is 0.335 e. The first-order valence-electron chi connectivity index (χ1n) is 13.9. The van der Waals surface area contributed by atoms with Crippen molar-refractivity contribution in [3.63, 3.8) is 0 Å². The molecule has 4 heterocycles. The lowest BCUT2D eigenvalue weighted by molar-refractivity contribution is -0.220. The van der Waals surface area contributed by atoms with E-state index in [1.165, 1.54) is 6.07 Å². The van der Waals surface area contributed by atoms with Crippen LogP contribution in [-0.2, 0) is 28.4 Å². The van der Waals surface area contributed by atoms with Gasteiger partial charge in [0, 0.05) is 37.2 Å². The predicted octanol–water partition coefficient (Wildman–Crippen LogP) is 6.08. The number of hydrogen-bond donors (Lipinski definition) is 1. The predicted molar refractivity (Wildman–Crippen MR) is 154 cm³/mol. The lowest BCUT2D eigenvalue weighted by Crippen LogP contribution is -2.40. The summed E-state index contributed by atoms with van der Waals surface area (Å²) in [6, 6.07) is 17.2. The normalized spacial score (nSPS) is 23.7. The van der Waals surface area contributed by atoms with E-state index in [1.54, 1.807) is 37.3 Å². The molecular weight excluding hydrogens is 561 g/mol. The van der Waals surface area contributed by atoms with Gasteiger partial charge in [-0.3, -0.25) is 4.90 Å². The van der Waals surface area contributed by atoms with Crippen molar-refractivity contribution < 1.29 is 28.5 Å². The van der Waals surface area contributed by atoms with Crippen LogP contribution in [0.3, 0.4) is 0 Å². The summed E-state index contributed by atoms with van der Waals surface area (Å²) >= 11 is 6.02. The number of carboxylic acids is 1. The van der Waals surface area contributed by atoms with Gasteiger partial charge in [0.1, 0.15) is 23.5 Å². The smallest absolute Gasteiger partial charge is 0.335 e. The number of aromatic carboxylic acids is 1. The number of rotatable bonds is 7. The maximum absolute atomic E-state index is 15.1. The summed E-state index contributed by atoms with van der Waals surface area (Å²) < 4.78 is 35.7. The number of imidazole rings is 1. The molecule has 0 saturated carbocycles. The first-order valence-corrected chi connectivity index (χ1v) is 14.3. The first-order chi connectivity index (χ1) is 20.3. The van der Waals surface area contributed by atoms with E-state index in [9.17, 15) is 9.90 Å². The third kappa shape index (κ3) is 4.86. The number of nitrogens with zero attached hydrogens (tertiary/aromatic N) is 3. The molecule has 0 bridgehead atoms. The molecule has 1 saturated heterocycles. The quantitative estimate of drug-likeness (QED) is 0.261. The highest BCUT2D eigenvalue weighted by Gasteiger charge is 2.43. The molecule has 0 radical (unpaired) electrons. The molecule has 4 aromatic rings. The van der Waals surface area contributed by atoms with E-state index in [4.69, 9.17) is 30.8 Å². The first kappa shape index (κ1) is 27.1. The van der Waals surface area contributed by atoms with E-state index in [0.29, 0.717) is 37.0 Å². The standard InChI is InChI=1S/C32H29ClFN3O5/c1-32(24-8-7-21(33)15-25(24)34)41-28-5-3-2-4-23(28)30(42-32)20-10-12-36(16-20)18-29-35-26-9-6-19(31(38)39)14-27(26)37(29)17-22-11-13-40-22/h2-10,14-15,22,30H,11-13,16-18H2,1H3,(H,38,39)/t22-,30?,32?/m0/s1. The van der Waals surface area contributed by atoms with Crippen LogP contribution in [0, 0.1) is 5.82 Å². The number of fused-ring (bicyclic) bond motifs is 2. The fraction of sp³-hybridized carbons (Fsp3) is 0.312. The van der Waals surface area contributed by atoms with Gasteiger partial charge >= 0.3 is 5.97 Å². The van der Waals surface area contributed by atoms with Crippen LogP contribution >= 0.6 is 11.6 Å². The largest absolute Gasteiger partial charge is 0.478 e. The summed E-state index contributed by atoms with van der Waals surface area (Å²) in [6.45, 7) is 4.92. The van der Waals surface area contributed by atoms with Gasteiger partial charge in [-0.2, -0.15) is 0 Å². The Labute approximate surface area is 246 Å². The lowest BCUT2D eigenvalue weighted by atomic mass is 9.96. The molecule has 0 aliphatic carbocycles. The Kier molecular flexibility index (Phi) is 6.78. The second-order valence-corrected chi connectivity index (χ2v) is 11.5. The van der Waals surface area contributed by atoms with Crippen molar-refractivity contribution in [2.24, 2.45) is 0 Å². The number of carboxylic acid groups (broad SMARTS) is 1. The van der Waals surface area contributed by atoms with Crippen molar-refractivity contribution in [3.05, 3.63) is 106 Å². The van der Waals surface area contributed by atoms with Gasteiger partial charge in [-0.05, 0) is 54.5 Å². The molecule has 3 aliphatic heterocycles. The van der Waals surface area contributed by atoms with Crippen molar-refractivity contribution in [2.75, 3.05) is 19.7 Å². The zero-order valence-electron chi connectivity index (χ0n) is 22.9. The fourth-order valence-corrected chi connectivity index (χ4v) is 6.13. The molecule has 42 heavy (non-hydrogen) atoms. The summed E-state index contributed by atoms with van der Waals surface area (Å²) in [7, 11) is 0. The second-order valence-electron chi connectivity index (χ2n) is 11.1. The molecule has 7 rings (SSSR count). The zero-order valence-corrected chi connectivity index (χ0v) is 23.7. The molecule has 0 spiro atoms. The number of hydrogen-bond acceptors (Lipinski definition) is 6. The SMILES string of the molecule is CC1(c2ccc(Cl)cc2F)Oc2ccccc2C(C2=CCN(Cc3nc4ccc(C(=O)O)cc4n3C[C@@H]3CCO3)C2)O1. The third-order valence-electron chi connectivity index (χ3n) is 8.24. The average molecular weight is 590 g/mol. The van der Waals surface area contributed by atoms with E-state index in [2.05, 4.69) is 15.5 Å². The molecule has 8 nitrogen and oxygen atoms in total. The number of para-hydroxylation sites is 1. The molecular formula is C32H29ClFN3O5. The molecule has 2 unspecified atom stereocenters. The molecule has 1 N–H and O–H groups in total. The average Bonchev–Trinajstić information content (AvgIpc) is 3.54. The van der Waals surface area contributed by atoms with Crippen molar-refractivity contribution in [1.82, 2.24) is 14.5 Å². The minimum atomic E-state index is -1.36. The minimum Gasteiger partial charge on any atom is -0.478 e. The fourth-order valence-electron chi connectivity index (χ4n) is 5.97. The van der Waals surface area contributed by atoms with Crippen LogP contribution in [0.25, 0.3) is 11.0 Å². The summed E-state index contributed by atoms with van der Waals surface area (Å²) in [6.07, 6.45) is 2.75.